The summed E-state index contributed by atoms with van der Waals surface area (Å²) >= 11 is 0. The van der Waals surface area contributed by atoms with Crippen LogP contribution in [0.4, 0.5) is 5.82 Å². The molecule has 1 atom stereocenters. The van der Waals surface area contributed by atoms with E-state index in [0.717, 1.165) is 24.2 Å². The molecule has 1 N–H and O–H groups in total. The molecule has 1 aromatic carbocycles. The molecule has 3 heterocycles. The summed E-state index contributed by atoms with van der Waals surface area (Å²) in [6.45, 7) is 3.32. The van der Waals surface area contributed by atoms with E-state index in [9.17, 15) is 0 Å². The maximum atomic E-state index is 5.95. The number of pyridine rings is 1. The Balaban J connectivity index is 1.61. The molecule has 2 aromatic heterocycles. The maximum absolute atomic E-state index is 5.95. The molecular weight excluding hydrogens is 288 g/mol. The van der Waals surface area contributed by atoms with E-state index in [1.54, 1.807) is 6.20 Å². The summed E-state index contributed by atoms with van der Waals surface area (Å²) in [5, 5.41) is 4.36. The van der Waals surface area contributed by atoms with Crippen molar-refractivity contribution in [2.24, 2.45) is 0 Å². The number of nitrogens with zero attached hydrogens (tertiary/aromatic N) is 3. The third kappa shape index (κ3) is 2.75. The third-order valence-electron chi connectivity index (χ3n) is 4.13. The highest BCUT2D eigenvalue weighted by Crippen LogP contribution is 2.27. The van der Waals surface area contributed by atoms with Crippen molar-refractivity contribution in [3.8, 4) is 0 Å². The van der Waals surface area contributed by atoms with Gasteiger partial charge in [-0.25, -0.2) is 15.0 Å². The molecule has 0 aliphatic carbocycles. The van der Waals surface area contributed by atoms with Crippen LogP contribution in [0, 0.1) is 6.92 Å². The van der Waals surface area contributed by atoms with Gasteiger partial charge in [0, 0.05) is 12.7 Å². The number of fused-ring (bicyclic) bond motifs is 2. The van der Waals surface area contributed by atoms with Crippen LogP contribution in [-0.2, 0) is 11.2 Å². The predicted octanol–water partition coefficient (Wildman–Crippen LogP) is 3.06. The molecule has 23 heavy (non-hydrogen) atoms. The molecule has 4 rings (SSSR count). The molecule has 116 valence electrons. The number of ether oxygens (including phenoxy) is 1. The number of hydrogen-bond acceptors (Lipinski definition) is 5. The second kappa shape index (κ2) is 5.93. The normalized spacial score (nSPS) is 17.0. The number of nitrogens with one attached hydrogen (secondary N) is 1. The van der Waals surface area contributed by atoms with Gasteiger partial charge < -0.3 is 10.1 Å². The number of rotatable bonds is 3. The van der Waals surface area contributed by atoms with E-state index in [2.05, 4.69) is 44.5 Å². The van der Waals surface area contributed by atoms with E-state index >= 15 is 0 Å². The Kier molecular flexibility index (Phi) is 3.63. The van der Waals surface area contributed by atoms with Gasteiger partial charge in [-0.3, -0.25) is 0 Å². The van der Waals surface area contributed by atoms with Gasteiger partial charge in [0.15, 0.2) is 5.65 Å². The molecule has 0 fully saturated rings. The van der Waals surface area contributed by atoms with Gasteiger partial charge in [-0.2, -0.15) is 0 Å². The Labute approximate surface area is 134 Å². The molecule has 0 radical (unpaired) electrons. The fraction of sp³-hybridized carbons (Fsp3) is 0.278. The van der Waals surface area contributed by atoms with E-state index in [0.29, 0.717) is 18.0 Å². The van der Waals surface area contributed by atoms with Gasteiger partial charge in [0.05, 0.1) is 18.1 Å². The Morgan fingerprint density at radius 3 is 3.04 bits per heavy atom. The first-order chi connectivity index (χ1) is 11.3. The molecule has 5 heteroatoms. The monoisotopic (exact) mass is 306 g/mol. The second-order valence-corrected chi connectivity index (χ2v) is 5.68. The molecule has 0 saturated heterocycles. The topological polar surface area (TPSA) is 59.9 Å². The van der Waals surface area contributed by atoms with Crippen LogP contribution in [0.15, 0.2) is 42.6 Å². The highest BCUT2D eigenvalue weighted by molar-refractivity contribution is 5.86. The Morgan fingerprint density at radius 2 is 2.09 bits per heavy atom. The van der Waals surface area contributed by atoms with Crippen LogP contribution in [0.2, 0.25) is 0 Å². The zero-order chi connectivity index (χ0) is 15.6. The lowest BCUT2D eigenvalue weighted by Crippen LogP contribution is -2.23. The zero-order valence-electron chi connectivity index (χ0n) is 13.0. The first-order valence-electron chi connectivity index (χ1n) is 7.84. The van der Waals surface area contributed by atoms with Crippen molar-refractivity contribution in [1.29, 1.82) is 0 Å². The van der Waals surface area contributed by atoms with Gasteiger partial charge in [-0.05, 0) is 36.6 Å². The Morgan fingerprint density at radius 1 is 1.17 bits per heavy atom. The molecular formula is C18H18N4O. The molecule has 1 aliphatic heterocycles. The van der Waals surface area contributed by atoms with Crippen LogP contribution < -0.4 is 5.32 Å². The van der Waals surface area contributed by atoms with Crippen molar-refractivity contribution < 1.29 is 4.74 Å². The number of aromatic nitrogens is 3. The van der Waals surface area contributed by atoms with E-state index in [4.69, 9.17) is 4.74 Å². The summed E-state index contributed by atoms with van der Waals surface area (Å²) in [4.78, 5) is 13.2. The SMILES string of the molecule is Cc1nc(NC[C@@H]2OCCc3ccccc32)c2cccnc2n1. The van der Waals surface area contributed by atoms with E-state index in [1.807, 2.05) is 19.1 Å². The first kappa shape index (κ1) is 14.1. The van der Waals surface area contributed by atoms with E-state index < -0.39 is 0 Å². The molecule has 0 unspecified atom stereocenters. The van der Waals surface area contributed by atoms with Crippen LogP contribution in [-0.4, -0.2) is 28.1 Å². The lowest BCUT2D eigenvalue weighted by Gasteiger charge is -2.26. The lowest BCUT2D eigenvalue weighted by molar-refractivity contribution is 0.0513. The fourth-order valence-corrected chi connectivity index (χ4v) is 3.04. The summed E-state index contributed by atoms with van der Waals surface area (Å²) in [6.07, 6.45) is 2.77. The Hall–Kier alpha value is -2.53. The van der Waals surface area contributed by atoms with Crippen molar-refractivity contribution in [1.82, 2.24) is 15.0 Å². The third-order valence-corrected chi connectivity index (χ3v) is 4.13. The van der Waals surface area contributed by atoms with E-state index in [1.165, 1.54) is 11.1 Å². The molecule has 0 spiro atoms. The summed E-state index contributed by atoms with van der Waals surface area (Å²) < 4.78 is 5.95. The van der Waals surface area contributed by atoms with Crippen molar-refractivity contribution >= 4 is 16.9 Å². The standard InChI is InChI=1S/C18H18N4O/c1-12-21-17-15(7-4-9-19-17)18(22-12)20-11-16-14-6-3-2-5-13(14)8-10-23-16/h2-7,9,16H,8,10-11H2,1H3,(H,19,20,21,22)/t16-/m0/s1. The largest absolute Gasteiger partial charge is 0.371 e. The van der Waals surface area contributed by atoms with Crippen LogP contribution in [0.3, 0.4) is 0 Å². The van der Waals surface area contributed by atoms with Gasteiger partial charge in [0.1, 0.15) is 11.6 Å². The second-order valence-electron chi connectivity index (χ2n) is 5.68. The lowest BCUT2D eigenvalue weighted by atomic mass is 9.97. The molecule has 0 bridgehead atoms. The quantitative estimate of drug-likeness (QED) is 0.806. The average molecular weight is 306 g/mol. The van der Waals surface area contributed by atoms with Gasteiger partial charge >= 0.3 is 0 Å². The predicted molar refractivity (Wildman–Crippen MR) is 89.4 cm³/mol. The van der Waals surface area contributed by atoms with Crippen LogP contribution in [0.1, 0.15) is 23.1 Å². The molecule has 5 nitrogen and oxygen atoms in total. The van der Waals surface area contributed by atoms with Gasteiger partial charge in [0.2, 0.25) is 0 Å². The summed E-state index contributed by atoms with van der Waals surface area (Å²) in [5.41, 5.74) is 3.35. The molecule has 1 aliphatic rings. The summed E-state index contributed by atoms with van der Waals surface area (Å²) in [6, 6.07) is 12.4. The van der Waals surface area contributed by atoms with Crippen molar-refractivity contribution in [3.63, 3.8) is 0 Å². The Bertz CT molecular complexity index is 849. The minimum absolute atomic E-state index is 0.0435. The van der Waals surface area contributed by atoms with Gasteiger partial charge in [-0.15, -0.1) is 0 Å². The highest BCUT2D eigenvalue weighted by Gasteiger charge is 2.20. The summed E-state index contributed by atoms with van der Waals surface area (Å²) in [5.74, 6) is 1.52. The smallest absolute Gasteiger partial charge is 0.164 e. The van der Waals surface area contributed by atoms with E-state index in [-0.39, 0.29) is 6.10 Å². The van der Waals surface area contributed by atoms with Crippen LogP contribution >= 0.6 is 0 Å². The van der Waals surface area contributed by atoms with Gasteiger partial charge in [0.25, 0.3) is 0 Å². The highest BCUT2D eigenvalue weighted by atomic mass is 16.5. The number of hydrogen-bond donors (Lipinski definition) is 1. The van der Waals surface area contributed by atoms with Crippen LogP contribution in [0.25, 0.3) is 11.0 Å². The molecule has 0 saturated carbocycles. The van der Waals surface area contributed by atoms with Crippen LogP contribution in [0.5, 0.6) is 0 Å². The fourth-order valence-electron chi connectivity index (χ4n) is 3.04. The van der Waals surface area contributed by atoms with Crippen molar-refractivity contribution in [2.75, 3.05) is 18.5 Å². The zero-order valence-corrected chi connectivity index (χ0v) is 13.0. The average Bonchev–Trinajstić information content (AvgIpc) is 2.59. The minimum atomic E-state index is 0.0435. The minimum Gasteiger partial charge on any atom is -0.371 e. The number of anilines is 1. The van der Waals surface area contributed by atoms with Gasteiger partial charge in [-0.1, -0.05) is 24.3 Å². The van der Waals surface area contributed by atoms with Crippen molar-refractivity contribution in [2.45, 2.75) is 19.4 Å². The maximum Gasteiger partial charge on any atom is 0.164 e. The first-order valence-corrected chi connectivity index (χ1v) is 7.84. The number of benzene rings is 1. The summed E-state index contributed by atoms with van der Waals surface area (Å²) in [7, 11) is 0. The molecule has 3 aromatic rings. The molecule has 0 amide bonds. The van der Waals surface area contributed by atoms with Crippen molar-refractivity contribution in [3.05, 3.63) is 59.5 Å². The number of aryl methyl sites for hydroxylation is 1.